The van der Waals surface area contributed by atoms with Gasteiger partial charge in [-0.2, -0.15) is 0 Å². The number of benzene rings is 2. The molecule has 0 radical (unpaired) electrons. The van der Waals surface area contributed by atoms with E-state index in [-0.39, 0.29) is 22.5 Å². The van der Waals surface area contributed by atoms with Gasteiger partial charge in [0, 0.05) is 10.5 Å². The van der Waals surface area contributed by atoms with Crippen LogP contribution in [0.3, 0.4) is 0 Å². The molecule has 7 heteroatoms. The first-order chi connectivity index (χ1) is 13.4. The lowest BCUT2D eigenvalue weighted by atomic mass is 10.1. The van der Waals surface area contributed by atoms with E-state index in [0.29, 0.717) is 23.6 Å². The highest BCUT2D eigenvalue weighted by atomic mass is 32.2. The van der Waals surface area contributed by atoms with E-state index in [1.165, 1.54) is 18.7 Å². The van der Waals surface area contributed by atoms with Crippen molar-refractivity contribution in [3.63, 3.8) is 0 Å². The van der Waals surface area contributed by atoms with Gasteiger partial charge in [0.1, 0.15) is 5.75 Å². The van der Waals surface area contributed by atoms with Crippen LogP contribution >= 0.6 is 11.8 Å². The summed E-state index contributed by atoms with van der Waals surface area (Å²) in [5.41, 5.74) is 1.29. The standard InChI is InChI=1S/C21H21NO5S/c1-4-26-16-8-5-14(6-9-16)19(23)12(2)27-21(25)15-7-10-18-17(11-15)22-20(24)13(3)28-18/h5-13H,4H2,1-3H3,(H,22,24)/t12-,13+/m0/s1. The van der Waals surface area contributed by atoms with Gasteiger partial charge >= 0.3 is 5.97 Å². The van der Waals surface area contributed by atoms with Gasteiger partial charge in [0.15, 0.2) is 6.10 Å². The molecule has 1 heterocycles. The fourth-order valence-electron chi connectivity index (χ4n) is 2.73. The van der Waals surface area contributed by atoms with Crippen LogP contribution in [-0.2, 0) is 9.53 Å². The van der Waals surface area contributed by atoms with Gasteiger partial charge in [-0.1, -0.05) is 0 Å². The summed E-state index contributed by atoms with van der Waals surface area (Å²) < 4.78 is 10.7. The third-order valence-corrected chi connectivity index (χ3v) is 5.43. The molecule has 1 aliphatic rings. The van der Waals surface area contributed by atoms with Crippen LogP contribution in [0.5, 0.6) is 5.75 Å². The maximum atomic E-state index is 12.5. The van der Waals surface area contributed by atoms with Crippen LogP contribution < -0.4 is 10.1 Å². The molecule has 0 bridgehead atoms. The second kappa shape index (κ2) is 8.48. The number of hydrogen-bond donors (Lipinski definition) is 1. The number of nitrogens with one attached hydrogen (secondary N) is 1. The van der Waals surface area contributed by atoms with Gasteiger partial charge in [-0.15, -0.1) is 11.8 Å². The Morgan fingerprint density at radius 2 is 1.82 bits per heavy atom. The first-order valence-electron chi connectivity index (χ1n) is 8.98. The maximum absolute atomic E-state index is 12.5. The monoisotopic (exact) mass is 399 g/mol. The summed E-state index contributed by atoms with van der Waals surface area (Å²) in [6.07, 6.45) is -0.939. The zero-order chi connectivity index (χ0) is 20.3. The van der Waals surface area contributed by atoms with Crippen LogP contribution in [0.2, 0.25) is 0 Å². The van der Waals surface area contributed by atoms with Gasteiger partial charge in [-0.05, 0) is 63.2 Å². The smallest absolute Gasteiger partial charge is 0.338 e. The number of Topliss-reactive ketones (excluding diaryl/α,β-unsaturated/α-hetero) is 1. The van der Waals surface area contributed by atoms with Crippen molar-refractivity contribution in [2.24, 2.45) is 0 Å². The minimum absolute atomic E-state index is 0.109. The van der Waals surface area contributed by atoms with Crippen LogP contribution in [-0.4, -0.2) is 35.6 Å². The zero-order valence-electron chi connectivity index (χ0n) is 15.9. The van der Waals surface area contributed by atoms with E-state index in [1.54, 1.807) is 42.5 Å². The summed E-state index contributed by atoms with van der Waals surface area (Å²) in [4.78, 5) is 37.7. The Bertz CT molecular complexity index is 910. The molecule has 2 aromatic rings. The minimum Gasteiger partial charge on any atom is -0.494 e. The topological polar surface area (TPSA) is 81.7 Å². The average Bonchev–Trinajstić information content (AvgIpc) is 2.68. The van der Waals surface area contributed by atoms with Gasteiger partial charge in [0.25, 0.3) is 0 Å². The molecule has 0 aromatic heterocycles. The maximum Gasteiger partial charge on any atom is 0.338 e. The molecule has 1 amide bonds. The third kappa shape index (κ3) is 4.36. The van der Waals surface area contributed by atoms with Crippen molar-refractivity contribution >= 4 is 35.1 Å². The predicted octanol–water partition coefficient (Wildman–Crippen LogP) is 3.95. The molecule has 2 aromatic carbocycles. The first-order valence-corrected chi connectivity index (χ1v) is 9.86. The van der Waals surface area contributed by atoms with Gasteiger partial charge in [0.05, 0.1) is 23.1 Å². The third-order valence-electron chi connectivity index (χ3n) is 4.25. The predicted molar refractivity (Wildman–Crippen MR) is 107 cm³/mol. The summed E-state index contributed by atoms with van der Waals surface area (Å²) in [6, 6.07) is 11.7. The minimum atomic E-state index is -0.939. The number of thioether (sulfide) groups is 1. The molecule has 0 unspecified atom stereocenters. The quantitative estimate of drug-likeness (QED) is 0.585. The molecule has 146 valence electrons. The van der Waals surface area contributed by atoms with Crippen LogP contribution in [0, 0.1) is 0 Å². The van der Waals surface area contributed by atoms with Gasteiger partial charge in [-0.3, -0.25) is 9.59 Å². The Balaban J connectivity index is 1.67. The van der Waals surface area contributed by atoms with E-state index in [1.807, 2.05) is 13.8 Å². The fraction of sp³-hybridized carbons (Fsp3) is 0.286. The zero-order valence-corrected chi connectivity index (χ0v) is 16.7. The molecule has 0 saturated heterocycles. The van der Waals surface area contributed by atoms with E-state index in [4.69, 9.17) is 9.47 Å². The van der Waals surface area contributed by atoms with Crippen molar-refractivity contribution in [3.05, 3.63) is 53.6 Å². The van der Waals surface area contributed by atoms with Gasteiger partial charge < -0.3 is 14.8 Å². The Morgan fingerprint density at radius 1 is 1.14 bits per heavy atom. The Labute approximate surface area is 167 Å². The number of rotatable bonds is 6. The highest BCUT2D eigenvalue weighted by Crippen LogP contribution is 2.36. The number of ether oxygens (including phenoxy) is 2. The van der Waals surface area contributed by atoms with E-state index < -0.39 is 12.1 Å². The lowest BCUT2D eigenvalue weighted by Gasteiger charge is -2.21. The molecule has 1 N–H and O–H groups in total. The highest BCUT2D eigenvalue weighted by molar-refractivity contribution is 8.00. The van der Waals surface area contributed by atoms with Crippen molar-refractivity contribution < 1.29 is 23.9 Å². The molecule has 6 nitrogen and oxygen atoms in total. The lowest BCUT2D eigenvalue weighted by molar-refractivity contribution is -0.115. The van der Waals surface area contributed by atoms with Crippen LogP contribution in [0.15, 0.2) is 47.4 Å². The van der Waals surface area contributed by atoms with Crippen molar-refractivity contribution in [2.75, 3.05) is 11.9 Å². The molecule has 1 aliphatic heterocycles. The van der Waals surface area contributed by atoms with Crippen LogP contribution in [0.4, 0.5) is 5.69 Å². The van der Waals surface area contributed by atoms with Crippen LogP contribution in [0.1, 0.15) is 41.5 Å². The number of carbonyl (C=O) groups is 3. The second-order valence-electron chi connectivity index (χ2n) is 6.33. The van der Waals surface area contributed by atoms with Gasteiger partial charge in [0.2, 0.25) is 11.7 Å². The van der Waals surface area contributed by atoms with Crippen molar-refractivity contribution in [1.82, 2.24) is 0 Å². The van der Waals surface area contributed by atoms with E-state index in [2.05, 4.69) is 5.32 Å². The van der Waals surface area contributed by atoms with E-state index >= 15 is 0 Å². The average molecular weight is 399 g/mol. The lowest BCUT2D eigenvalue weighted by Crippen LogP contribution is -2.27. The SMILES string of the molecule is CCOc1ccc(C(=O)[C@H](C)OC(=O)c2ccc3c(c2)NC(=O)[C@@H](C)S3)cc1. The fourth-order valence-corrected chi connectivity index (χ4v) is 3.67. The summed E-state index contributed by atoms with van der Waals surface area (Å²) in [7, 11) is 0. The summed E-state index contributed by atoms with van der Waals surface area (Å²) in [6.45, 7) is 5.78. The number of ketones is 1. The molecular formula is C21H21NO5S. The number of fused-ring (bicyclic) bond motifs is 1. The summed E-state index contributed by atoms with van der Waals surface area (Å²) in [5, 5.41) is 2.59. The number of carbonyl (C=O) groups excluding carboxylic acids is 3. The number of hydrogen-bond acceptors (Lipinski definition) is 6. The number of amides is 1. The highest BCUT2D eigenvalue weighted by Gasteiger charge is 2.25. The van der Waals surface area contributed by atoms with Crippen molar-refractivity contribution in [1.29, 1.82) is 0 Å². The first kappa shape index (κ1) is 19.9. The molecule has 2 atom stereocenters. The largest absolute Gasteiger partial charge is 0.494 e. The van der Waals surface area contributed by atoms with E-state index in [0.717, 1.165) is 4.90 Å². The number of esters is 1. The molecular weight excluding hydrogens is 378 g/mol. The molecule has 28 heavy (non-hydrogen) atoms. The second-order valence-corrected chi connectivity index (χ2v) is 7.71. The Hall–Kier alpha value is -2.80. The molecule has 0 fully saturated rings. The normalized spacial score (nSPS) is 16.5. The van der Waals surface area contributed by atoms with E-state index in [9.17, 15) is 14.4 Å². The molecule has 0 saturated carbocycles. The van der Waals surface area contributed by atoms with Crippen molar-refractivity contribution in [2.45, 2.75) is 37.0 Å². The molecule has 3 rings (SSSR count). The van der Waals surface area contributed by atoms with Gasteiger partial charge in [-0.25, -0.2) is 4.79 Å². The summed E-state index contributed by atoms with van der Waals surface area (Å²) in [5.74, 6) is -0.353. The molecule has 0 aliphatic carbocycles. The van der Waals surface area contributed by atoms with Crippen LogP contribution in [0.25, 0.3) is 0 Å². The Morgan fingerprint density at radius 3 is 2.50 bits per heavy atom. The van der Waals surface area contributed by atoms with Crippen molar-refractivity contribution in [3.8, 4) is 5.75 Å². The summed E-state index contributed by atoms with van der Waals surface area (Å²) >= 11 is 1.43. The number of anilines is 1. The molecule has 0 spiro atoms. The Kier molecular flexibility index (Phi) is 6.04.